The summed E-state index contributed by atoms with van der Waals surface area (Å²) in [6.07, 6.45) is 3.84. The summed E-state index contributed by atoms with van der Waals surface area (Å²) in [6.45, 7) is 4.39. The molecule has 0 saturated heterocycles. The summed E-state index contributed by atoms with van der Waals surface area (Å²) >= 11 is 0. The molecule has 0 aliphatic heterocycles. The topological polar surface area (TPSA) is 48.1 Å². The minimum atomic E-state index is 0.0172. The second-order valence-electron chi connectivity index (χ2n) is 3.96. The Kier molecular flexibility index (Phi) is 4.56. The molecular formula is C12H20N2O. The van der Waals surface area contributed by atoms with Gasteiger partial charge in [0.25, 0.3) is 0 Å². The molecule has 15 heavy (non-hydrogen) atoms. The molecule has 1 heterocycles. The largest absolute Gasteiger partial charge is 0.481 e. The van der Waals surface area contributed by atoms with Crippen LogP contribution in [-0.4, -0.2) is 12.1 Å². The predicted molar refractivity (Wildman–Crippen MR) is 61.8 cm³/mol. The van der Waals surface area contributed by atoms with Crippen LogP contribution in [0, 0.1) is 5.92 Å². The Hall–Kier alpha value is -1.09. The van der Waals surface area contributed by atoms with Crippen molar-refractivity contribution >= 4 is 0 Å². The van der Waals surface area contributed by atoms with E-state index in [1.54, 1.807) is 13.3 Å². The van der Waals surface area contributed by atoms with Crippen LogP contribution in [0.1, 0.15) is 38.3 Å². The molecule has 0 aliphatic carbocycles. The van der Waals surface area contributed by atoms with Crippen LogP contribution in [0.25, 0.3) is 0 Å². The van der Waals surface area contributed by atoms with E-state index in [0.717, 1.165) is 18.4 Å². The average molecular weight is 208 g/mol. The van der Waals surface area contributed by atoms with Crippen molar-refractivity contribution in [3.63, 3.8) is 0 Å². The number of aromatic nitrogens is 1. The van der Waals surface area contributed by atoms with Gasteiger partial charge in [0.15, 0.2) is 0 Å². The van der Waals surface area contributed by atoms with E-state index >= 15 is 0 Å². The maximum Gasteiger partial charge on any atom is 0.217 e. The van der Waals surface area contributed by atoms with Gasteiger partial charge < -0.3 is 10.5 Å². The van der Waals surface area contributed by atoms with Gasteiger partial charge in [0, 0.05) is 17.8 Å². The molecule has 1 aromatic rings. The van der Waals surface area contributed by atoms with Crippen LogP contribution in [0.5, 0.6) is 5.88 Å². The molecule has 1 rings (SSSR count). The van der Waals surface area contributed by atoms with E-state index in [4.69, 9.17) is 10.5 Å². The fourth-order valence-electron chi connectivity index (χ4n) is 1.58. The number of rotatable bonds is 5. The van der Waals surface area contributed by atoms with Crippen molar-refractivity contribution in [1.29, 1.82) is 0 Å². The van der Waals surface area contributed by atoms with Gasteiger partial charge in [-0.15, -0.1) is 0 Å². The minimum absolute atomic E-state index is 0.0172. The maximum absolute atomic E-state index is 6.13. The Bertz CT molecular complexity index is 301. The van der Waals surface area contributed by atoms with Crippen molar-refractivity contribution in [1.82, 2.24) is 4.98 Å². The number of nitrogens with two attached hydrogens (primary N) is 1. The first-order valence-corrected chi connectivity index (χ1v) is 5.43. The Morgan fingerprint density at radius 1 is 1.53 bits per heavy atom. The second kappa shape index (κ2) is 5.71. The number of ether oxygens (including phenoxy) is 1. The third-order valence-electron chi connectivity index (χ3n) is 2.75. The summed E-state index contributed by atoms with van der Waals surface area (Å²) in [7, 11) is 1.63. The standard InChI is InChI=1S/C12H20N2O/c1-4-9(2)8-11(13)10-6-5-7-14-12(10)15-3/h5-7,9,11H,4,8,13H2,1-3H3. The van der Waals surface area contributed by atoms with Gasteiger partial charge in [-0.25, -0.2) is 4.98 Å². The summed E-state index contributed by atoms with van der Waals surface area (Å²) in [5, 5.41) is 0. The van der Waals surface area contributed by atoms with Gasteiger partial charge in [-0.05, 0) is 18.4 Å². The highest BCUT2D eigenvalue weighted by atomic mass is 16.5. The van der Waals surface area contributed by atoms with E-state index < -0.39 is 0 Å². The van der Waals surface area contributed by atoms with Crippen molar-refractivity contribution in [3.8, 4) is 5.88 Å². The molecular weight excluding hydrogens is 188 g/mol. The zero-order valence-electron chi connectivity index (χ0n) is 9.73. The van der Waals surface area contributed by atoms with Crippen LogP contribution in [0.2, 0.25) is 0 Å². The van der Waals surface area contributed by atoms with Crippen molar-refractivity contribution in [2.75, 3.05) is 7.11 Å². The van der Waals surface area contributed by atoms with E-state index in [0.29, 0.717) is 11.8 Å². The van der Waals surface area contributed by atoms with E-state index in [1.165, 1.54) is 0 Å². The van der Waals surface area contributed by atoms with Crippen molar-refractivity contribution in [2.45, 2.75) is 32.7 Å². The van der Waals surface area contributed by atoms with E-state index in [2.05, 4.69) is 18.8 Å². The fourth-order valence-corrected chi connectivity index (χ4v) is 1.58. The summed E-state index contributed by atoms with van der Waals surface area (Å²) in [6, 6.07) is 3.90. The van der Waals surface area contributed by atoms with Crippen LogP contribution >= 0.6 is 0 Å². The van der Waals surface area contributed by atoms with E-state index in [9.17, 15) is 0 Å². The Morgan fingerprint density at radius 2 is 2.27 bits per heavy atom. The third-order valence-corrected chi connectivity index (χ3v) is 2.75. The number of methoxy groups -OCH3 is 1. The van der Waals surface area contributed by atoms with Crippen molar-refractivity contribution < 1.29 is 4.74 Å². The Labute approximate surface area is 91.7 Å². The van der Waals surface area contributed by atoms with Crippen LogP contribution in [0.15, 0.2) is 18.3 Å². The lowest BCUT2D eigenvalue weighted by molar-refractivity contribution is 0.380. The summed E-state index contributed by atoms with van der Waals surface area (Å²) in [5.41, 5.74) is 7.13. The van der Waals surface area contributed by atoms with Crippen LogP contribution in [0.4, 0.5) is 0 Å². The number of pyridine rings is 1. The van der Waals surface area contributed by atoms with E-state index in [1.807, 2.05) is 12.1 Å². The van der Waals surface area contributed by atoms with Crippen LogP contribution in [0.3, 0.4) is 0 Å². The first kappa shape index (κ1) is 12.0. The SMILES string of the molecule is CCC(C)CC(N)c1cccnc1OC. The molecule has 2 atom stereocenters. The summed E-state index contributed by atoms with van der Waals surface area (Å²) in [4.78, 5) is 4.15. The summed E-state index contributed by atoms with van der Waals surface area (Å²) < 4.78 is 5.19. The molecule has 0 aromatic carbocycles. The van der Waals surface area contributed by atoms with Gasteiger partial charge >= 0.3 is 0 Å². The first-order valence-electron chi connectivity index (χ1n) is 5.43. The minimum Gasteiger partial charge on any atom is -0.481 e. The van der Waals surface area contributed by atoms with Crippen LogP contribution < -0.4 is 10.5 Å². The first-order chi connectivity index (χ1) is 7.19. The monoisotopic (exact) mass is 208 g/mol. The zero-order valence-corrected chi connectivity index (χ0v) is 9.73. The molecule has 2 N–H and O–H groups in total. The number of nitrogens with zero attached hydrogens (tertiary/aromatic N) is 1. The number of hydrogen-bond acceptors (Lipinski definition) is 3. The lowest BCUT2D eigenvalue weighted by Gasteiger charge is -2.17. The van der Waals surface area contributed by atoms with Crippen molar-refractivity contribution in [3.05, 3.63) is 23.9 Å². The quantitative estimate of drug-likeness (QED) is 0.808. The second-order valence-corrected chi connectivity index (χ2v) is 3.96. The zero-order chi connectivity index (χ0) is 11.3. The van der Waals surface area contributed by atoms with Gasteiger partial charge in [-0.1, -0.05) is 26.3 Å². The van der Waals surface area contributed by atoms with Crippen LogP contribution in [-0.2, 0) is 0 Å². The lowest BCUT2D eigenvalue weighted by atomic mass is 9.95. The fraction of sp³-hybridized carbons (Fsp3) is 0.583. The number of hydrogen-bond donors (Lipinski definition) is 1. The van der Waals surface area contributed by atoms with Gasteiger partial charge in [0.2, 0.25) is 5.88 Å². The van der Waals surface area contributed by atoms with Gasteiger partial charge in [0.05, 0.1) is 7.11 Å². The highest BCUT2D eigenvalue weighted by molar-refractivity contribution is 5.28. The predicted octanol–water partition coefficient (Wildman–Crippen LogP) is 2.53. The Balaban J connectivity index is 2.76. The third kappa shape index (κ3) is 3.20. The molecule has 84 valence electrons. The summed E-state index contributed by atoms with van der Waals surface area (Å²) in [5.74, 6) is 1.28. The van der Waals surface area contributed by atoms with Crippen molar-refractivity contribution in [2.24, 2.45) is 11.7 Å². The molecule has 3 heteroatoms. The molecule has 0 bridgehead atoms. The molecule has 0 radical (unpaired) electrons. The smallest absolute Gasteiger partial charge is 0.217 e. The normalized spacial score (nSPS) is 14.7. The lowest BCUT2D eigenvalue weighted by Crippen LogP contribution is -2.15. The van der Waals surface area contributed by atoms with E-state index in [-0.39, 0.29) is 6.04 Å². The molecule has 0 spiro atoms. The molecule has 1 aromatic heterocycles. The highest BCUT2D eigenvalue weighted by Crippen LogP contribution is 2.26. The van der Waals surface area contributed by atoms with Gasteiger partial charge in [0.1, 0.15) is 0 Å². The molecule has 2 unspecified atom stereocenters. The van der Waals surface area contributed by atoms with Gasteiger partial charge in [-0.3, -0.25) is 0 Å². The average Bonchev–Trinajstić information content (AvgIpc) is 2.28. The van der Waals surface area contributed by atoms with Gasteiger partial charge in [-0.2, -0.15) is 0 Å². The highest BCUT2D eigenvalue weighted by Gasteiger charge is 2.14. The molecule has 0 amide bonds. The molecule has 3 nitrogen and oxygen atoms in total. The molecule has 0 fully saturated rings. The molecule has 0 aliphatic rings. The Morgan fingerprint density at radius 3 is 2.87 bits per heavy atom. The molecule has 0 saturated carbocycles. The maximum atomic E-state index is 6.13.